The van der Waals surface area contributed by atoms with Gasteiger partial charge < -0.3 is 9.84 Å². The van der Waals surface area contributed by atoms with Gasteiger partial charge in [-0.25, -0.2) is 0 Å². The molecule has 0 amide bonds. The Morgan fingerprint density at radius 2 is 2.24 bits per heavy atom. The second-order valence-corrected chi connectivity index (χ2v) is 4.79. The molecule has 17 heavy (non-hydrogen) atoms. The first kappa shape index (κ1) is 12.2. The summed E-state index contributed by atoms with van der Waals surface area (Å²) in [6.45, 7) is 0. The fourth-order valence-electron chi connectivity index (χ4n) is 2.24. The van der Waals surface area contributed by atoms with Crippen LogP contribution in [0, 0.1) is 16.7 Å². The van der Waals surface area contributed by atoms with E-state index >= 15 is 0 Å². The molecule has 1 fully saturated rings. The number of ether oxygens (including phenoxy) is 1. The van der Waals surface area contributed by atoms with Gasteiger partial charge in [0.05, 0.1) is 23.6 Å². The Labute approximate surface area is 106 Å². The van der Waals surface area contributed by atoms with Crippen molar-refractivity contribution in [3.05, 3.63) is 28.8 Å². The van der Waals surface area contributed by atoms with E-state index in [1.54, 1.807) is 18.2 Å². The molecule has 1 aromatic carbocycles. The maximum Gasteiger partial charge on any atom is 0.126 e. The molecule has 1 saturated carbocycles. The van der Waals surface area contributed by atoms with E-state index in [2.05, 4.69) is 6.07 Å². The summed E-state index contributed by atoms with van der Waals surface area (Å²) < 4.78 is 5.20. The third kappa shape index (κ3) is 1.88. The number of rotatable bonds is 3. The van der Waals surface area contributed by atoms with E-state index in [1.165, 1.54) is 7.11 Å². The first-order valence-corrected chi connectivity index (χ1v) is 5.94. The molecule has 0 heterocycles. The predicted molar refractivity (Wildman–Crippen MR) is 64.9 cm³/mol. The SMILES string of the molecule is COc1cccc(Cl)c1C(O)C1(C#N)CCC1. The van der Waals surface area contributed by atoms with Gasteiger partial charge in [0.2, 0.25) is 0 Å². The third-order valence-electron chi connectivity index (χ3n) is 3.50. The van der Waals surface area contributed by atoms with Gasteiger partial charge in [-0.2, -0.15) is 5.26 Å². The number of benzene rings is 1. The molecule has 0 saturated heterocycles. The molecule has 3 nitrogen and oxygen atoms in total. The summed E-state index contributed by atoms with van der Waals surface area (Å²) in [6, 6.07) is 7.43. The fraction of sp³-hybridized carbons (Fsp3) is 0.462. The Hall–Kier alpha value is -1.24. The second-order valence-electron chi connectivity index (χ2n) is 4.38. The summed E-state index contributed by atoms with van der Waals surface area (Å²) in [5.74, 6) is 0.534. The summed E-state index contributed by atoms with van der Waals surface area (Å²) in [5.41, 5.74) is -0.170. The molecule has 1 aliphatic rings. The Morgan fingerprint density at radius 1 is 1.53 bits per heavy atom. The number of hydrogen-bond donors (Lipinski definition) is 1. The van der Waals surface area contributed by atoms with Crippen LogP contribution in [0.2, 0.25) is 5.02 Å². The molecular weight excluding hydrogens is 238 g/mol. The molecule has 1 atom stereocenters. The molecule has 1 N–H and O–H groups in total. The average Bonchev–Trinajstić information content (AvgIpc) is 2.27. The number of halogens is 1. The van der Waals surface area contributed by atoms with Crippen molar-refractivity contribution in [2.75, 3.05) is 7.11 Å². The van der Waals surface area contributed by atoms with Gasteiger partial charge in [-0.05, 0) is 25.0 Å². The summed E-state index contributed by atoms with van der Waals surface area (Å²) in [6.07, 6.45) is 1.50. The highest BCUT2D eigenvalue weighted by Crippen LogP contribution is 2.52. The zero-order valence-corrected chi connectivity index (χ0v) is 10.4. The molecular formula is C13H14ClNO2. The van der Waals surface area contributed by atoms with Gasteiger partial charge in [-0.1, -0.05) is 24.1 Å². The molecule has 0 aliphatic heterocycles. The summed E-state index contributed by atoms with van der Waals surface area (Å²) in [7, 11) is 1.53. The minimum atomic E-state index is -0.884. The van der Waals surface area contributed by atoms with Crippen molar-refractivity contribution in [1.29, 1.82) is 5.26 Å². The van der Waals surface area contributed by atoms with E-state index in [4.69, 9.17) is 16.3 Å². The van der Waals surface area contributed by atoms with Crippen LogP contribution in [0.25, 0.3) is 0 Å². The first-order chi connectivity index (χ1) is 8.14. The van der Waals surface area contributed by atoms with Gasteiger partial charge in [0.25, 0.3) is 0 Å². The van der Waals surface area contributed by atoms with Crippen molar-refractivity contribution in [2.24, 2.45) is 5.41 Å². The molecule has 4 heteroatoms. The Balaban J connectivity index is 2.43. The van der Waals surface area contributed by atoms with Crippen LogP contribution >= 0.6 is 11.6 Å². The highest BCUT2D eigenvalue weighted by atomic mass is 35.5. The van der Waals surface area contributed by atoms with Crippen LogP contribution < -0.4 is 4.74 Å². The fourth-order valence-corrected chi connectivity index (χ4v) is 2.51. The minimum absolute atomic E-state index is 0.443. The molecule has 1 aliphatic carbocycles. The standard InChI is InChI=1S/C13H14ClNO2/c1-17-10-5-2-4-9(14)11(10)12(16)13(8-15)6-3-7-13/h2,4-5,12,16H,3,6-7H2,1H3. The van der Waals surface area contributed by atoms with Gasteiger partial charge in [0.1, 0.15) is 11.9 Å². The van der Waals surface area contributed by atoms with Gasteiger partial charge in [0.15, 0.2) is 0 Å². The normalized spacial score (nSPS) is 18.9. The quantitative estimate of drug-likeness (QED) is 0.898. The van der Waals surface area contributed by atoms with Gasteiger partial charge in [-0.3, -0.25) is 0 Å². The Kier molecular flexibility index (Phi) is 3.28. The lowest BCUT2D eigenvalue weighted by Crippen LogP contribution is -2.34. The maximum absolute atomic E-state index is 10.4. The van der Waals surface area contributed by atoms with Crippen molar-refractivity contribution in [1.82, 2.24) is 0 Å². The van der Waals surface area contributed by atoms with Crippen LogP contribution in [-0.2, 0) is 0 Å². The zero-order valence-electron chi connectivity index (χ0n) is 9.61. The van der Waals surface area contributed by atoms with E-state index in [9.17, 15) is 10.4 Å². The van der Waals surface area contributed by atoms with E-state index < -0.39 is 11.5 Å². The highest BCUT2D eigenvalue weighted by molar-refractivity contribution is 6.31. The predicted octanol–water partition coefficient (Wildman–Crippen LogP) is 3.08. The van der Waals surface area contributed by atoms with Gasteiger partial charge >= 0.3 is 0 Å². The molecule has 2 rings (SSSR count). The maximum atomic E-state index is 10.4. The van der Waals surface area contributed by atoms with Crippen LogP contribution in [0.3, 0.4) is 0 Å². The number of aliphatic hydroxyl groups excluding tert-OH is 1. The van der Waals surface area contributed by atoms with Gasteiger partial charge in [-0.15, -0.1) is 0 Å². The smallest absolute Gasteiger partial charge is 0.126 e. The first-order valence-electron chi connectivity index (χ1n) is 5.56. The minimum Gasteiger partial charge on any atom is -0.496 e. The van der Waals surface area contributed by atoms with Crippen LogP contribution in [0.1, 0.15) is 30.9 Å². The third-order valence-corrected chi connectivity index (χ3v) is 3.83. The van der Waals surface area contributed by atoms with E-state index in [0.717, 1.165) is 6.42 Å². The number of nitriles is 1. The lowest BCUT2D eigenvalue weighted by atomic mass is 9.64. The van der Waals surface area contributed by atoms with Crippen molar-refractivity contribution in [3.63, 3.8) is 0 Å². The van der Waals surface area contributed by atoms with Crippen LogP contribution in [-0.4, -0.2) is 12.2 Å². The van der Waals surface area contributed by atoms with Crippen molar-refractivity contribution < 1.29 is 9.84 Å². The molecule has 0 aromatic heterocycles. The number of nitrogens with zero attached hydrogens (tertiary/aromatic N) is 1. The Morgan fingerprint density at radius 3 is 2.71 bits per heavy atom. The number of hydrogen-bond acceptors (Lipinski definition) is 3. The summed E-state index contributed by atoms with van der Waals surface area (Å²) in [4.78, 5) is 0. The van der Waals surface area contributed by atoms with E-state index in [1.807, 2.05) is 0 Å². The van der Waals surface area contributed by atoms with Crippen LogP contribution in [0.4, 0.5) is 0 Å². The lowest BCUT2D eigenvalue weighted by molar-refractivity contribution is 0.00656. The van der Waals surface area contributed by atoms with Gasteiger partial charge in [0, 0.05) is 5.56 Å². The zero-order chi connectivity index (χ0) is 12.5. The monoisotopic (exact) mass is 251 g/mol. The van der Waals surface area contributed by atoms with Crippen LogP contribution in [0.5, 0.6) is 5.75 Å². The topological polar surface area (TPSA) is 53.2 Å². The number of methoxy groups -OCH3 is 1. The molecule has 1 aromatic rings. The molecule has 0 spiro atoms. The van der Waals surface area contributed by atoms with Crippen LogP contribution in [0.15, 0.2) is 18.2 Å². The van der Waals surface area contributed by atoms with E-state index in [-0.39, 0.29) is 0 Å². The summed E-state index contributed by atoms with van der Waals surface area (Å²) >= 11 is 6.10. The van der Waals surface area contributed by atoms with Crippen molar-refractivity contribution >= 4 is 11.6 Å². The lowest BCUT2D eigenvalue weighted by Gasteiger charge is -2.39. The highest BCUT2D eigenvalue weighted by Gasteiger charge is 2.46. The Bertz CT molecular complexity index is 463. The second kappa shape index (κ2) is 4.56. The molecule has 90 valence electrons. The summed E-state index contributed by atoms with van der Waals surface area (Å²) in [5, 5.41) is 20.1. The molecule has 0 radical (unpaired) electrons. The number of aliphatic hydroxyl groups is 1. The van der Waals surface area contributed by atoms with E-state index in [0.29, 0.717) is 29.2 Å². The largest absolute Gasteiger partial charge is 0.496 e. The van der Waals surface area contributed by atoms with Crippen molar-refractivity contribution in [3.8, 4) is 11.8 Å². The molecule has 0 bridgehead atoms. The van der Waals surface area contributed by atoms with Crippen molar-refractivity contribution in [2.45, 2.75) is 25.4 Å². The average molecular weight is 252 g/mol. The molecule has 1 unspecified atom stereocenters.